The molecule has 0 radical (unpaired) electrons. The SMILES string of the molecule is CC1(C)CN(C(=O)CCCc2cn[nH]c2)CCC1(O)CN1CCOCC1. The lowest BCUT2D eigenvalue weighted by Crippen LogP contribution is -2.63. The van der Waals surface area contributed by atoms with E-state index in [1.807, 2.05) is 11.1 Å². The predicted molar refractivity (Wildman–Crippen MR) is 98.7 cm³/mol. The summed E-state index contributed by atoms with van der Waals surface area (Å²) in [4.78, 5) is 16.8. The van der Waals surface area contributed by atoms with Crippen molar-refractivity contribution in [3.8, 4) is 0 Å². The maximum Gasteiger partial charge on any atom is 0.222 e. The zero-order chi connectivity index (χ0) is 18.6. The maximum atomic E-state index is 12.6. The zero-order valence-electron chi connectivity index (χ0n) is 16.0. The number of nitrogens with zero attached hydrogens (tertiary/aromatic N) is 3. The number of piperidine rings is 1. The van der Waals surface area contributed by atoms with E-state index in [0.29, 0.717) is 32.5 Å². The fourth-order valence-electron chi connectivity index (χ4n) is 4.01. The van der Waals surface area contributed by atoms with Crippen LogP contribution < -0.4 is 0 Å². The van der Waals surface area contributed by atoms with E-state index in [-0.39, 0.29) is 11.3 Å². The van der Waals surface area contributed by atoms with Crippen LogP contribution in [0.4, 0.5) is 0 Å². The number of aliphatic hydroxyl groups is 1. The first-order chi connectivity index (χ1) is 12.4. The van der Waals surface area contributed by atoms with Gasteiger partial charge in [0.25, 0.3) is 0 Å². The molecule has 1 aromatic heterocycles. The van der Waals surface area contributed by atoms with Crippen LogP contribution in [0.3, 0.4) is 0 Å². The number of morpholine rings is 1. The highest BCUT2D eigenvalue weighted by molar-refractivity contribution is 5.76. The molecule has 0 aliphatic carbocycles. The Bertz CT molecular complexity index is 584. The summed E-state index contributed by atoms with van der Waals surface area (Å²) in [5.41, 5.74) is 0.0402. The minimum absolute atomic E-state index is 0.190. The largest absolute Gasteiger partial charge is 0.388 e. The number of aromatic nitrogens is 2. The highest BCUT2D eigenvalue weighted by atomic mass is 16.5. The summed E-state index contributed by atoms with van der Waals surface area (Å²) in [5.74, 6) is 0.190. The van der Waals surface area contributed by atoms with Gasteiger partial charge in [-0.25, -0.2) is 0 Å². The second kappa shape index (κ2) is 8.06. The number of aromatic amines is 1. The number of hydrogen-bond acceptors (Lipinski definition) is 5. The van der Waals surface area contributed by atoms with E-state index in [2.05, 4.69) is 28.9 Å². The third kappa shape index (κ3) is 4.45. The van der Waals surface area contributed by atoms with Crippen LogP contribution in [-0.2, 0) is 16.0 Å². The number of H-pyrrole nitrogens is 1. The minimum atomic E-state index is -0.766. The molecule has 1 unspecified atom stereocenters. The Labute approximate surface area is 155 Å². The van der Waals surface area contributed by atoms with Gasteiger partial charge >= 0.3 is 0 Å². The van der Waals surface area contributed by atoms with Crippen LogP contribution in [0, 0.1) is 5.41 Å². The van der Waals surface area contributed by atoms with Gasteiger partial charge in [0.1, 0.15) is 0 Å². The Balaban J connectivity index is 1.50. The lowest BCUT2D eigenvalue weighted by atomic mass is 9.69. The van der Waals surface area contributed by atoms with Gasteiger partial charge in [-0.3, -0.25) is 14.8 Å². The molecule has 3 rings (SSSR count). The fourth-order valence-corrected chi connectivity index (χ4v) is 4.01. The number of rotatable bonds is 6. The summed E-state index contributed by atoms with van der Waals surface area (Å²) >= 11 is 0. The zero-order valence-corrected chi connectivity index (χ0v) is 16.0. The van der Waals surface area contributed by atoms with Gasteiger partial charge in [-0.2, -0.15) is 5.10 Å². The average Bonchev–Trinajstić information content (AvgIpc) is 3.11. The molecule has 26 heavy (non-hydrogen) atoms. The van der Waals surface area contributed by atoms with E-state index in [1.165, 1.54) is 0 Å². The molecule has 146 valence electrons. The van der Waals surface area contributed by atoms with Gasteiger partial charge in [0.05, 0.1) is 25.0 Å². The summed E-state index contributed by atoms with van der Waals surface area (Å²) in [6, 6.07) is 0. The molecule has 2 N–H and O–H groups in total. The van der Waals surface area contributed by atoms with E-state index in [1.54, 1.807) is 6.20 Å². The van der Waals surface area contributed by atoms with Crippen LogP contribution in [0.1, 0.15) is 38.7 Å². The molecule has 1 aromatic rings. The highest BCUT2D eigenvalue weighted by Crippen LogP contribution is 2.39. The average molecular weight is 364 g/mol. The summed E-state index contributed by atoms with van der Waals surface area (Å²) in [5, 5.41) is 18.1. The molecule has 2 aliphatic rings. The van der Waals surface area contributed by atoms with Gasteiger partial charge in [0, 0.05) is 50.8 Å². The maximum absolute atomic E-state index is 12.6. The second-order valence-corrected chi connectivity index (χ2v) is 8.33. The summed E-state index contributed by atoms with van der Waals surface area (Å²) in [6.45, 7) is 9.27. The van der Waals surface area contributed by atoms with Crippen LogP contribution in [0.2, 0.25) is 0 Å². The molecule has 1 atom stereocenters. The van der Waals surface area contributed by atoms with Gasteiger partial charge in [-0.1, -0.05) is 13.8 Å². The Morgan fingerprint density at radius 1 is 1.35 bits per heavy atom. The van der Waals surface area contributed by atoms with E-state index < -0.39 is 5.60 Å². The third-order valence-corrected chi connectivity index (χ3v) is 5.99. The predicted octanol–water partition coefficient (Wildman–Crippen LogP) is 1.05. The molecule has 2 fully saturated rings. The van der Waals surface area contributed by atoms with Crippen molar-refractivity contribution in [1.29, 1.82) is 0 Å². The third-order valence-electron chi connectivity index (χ3n) is 5.99. The summed E-state index contributed by atoms with van der Waals surface area (Å²) in [7, 11) is 0. The Hall–Kier alpha value is -1.44. The number of β-amino-alcohol motifs (C(OH)–C–C–N with tert-alkyl or cyclic N) is 1. The molecule has 1 amide bonds. The minimum Gasteiger partial charge on any atom is -0.388 e. The van der Waals surface area contributed by atoms with E-state index in [4.69, 9.17) is 4.74 Å². The van der Waals surface area contributed by atoms with Crippen molar-refractivity contribution >= 4 is 5.91 Å². The van der Waals surface area contributed by atoms with Gasteiger partial charge in [0.15, 0.2) is 0 Å². The van der Waals surface area contributed by atoms with Crippen LogP contribution in [0.25, 0.3) is 0 Å². The standard InChI is InChI=1S/C19H32N4O3/c1-18(2)14-23(17(24)5-3-4-16-12-20-21-13-16)7-6-19(18,25)15-22-8-10-26-11-9-22/h12-13,25H,3-11,14-15H2,1-2H3,(H,20,21). The molecule has 2 saturated heterocycles. The Morgan fingerprint density at radius 2 is 2.12 bits per heavy atom. The van der Waals surface area contributed by atoms with E-state index >= 15 is 0 Å². The molecule has 0 bridgehead atoms. The number of nitrogens with one attached hydrogen (secondary N) is 1. The fraction of sp³-hybridized carbons (Fsp3) is 0.789. The van der Waals surface area contributed by atoms with Gasteiger partial charge in [-0.05, 0) is 24.8 Å². The van der Waals surface area contributed by atoms with Crippen molar-refractivity contribution in [3.05, 3.63) is 18.0 Å². The Kier molecular flexibility index (Phi) is 5.99. The number of amides is 1. The lowest BCUT2D eigenvalue weighted by molar-refractivity contribution is -0.157. The first-order valence-electron chi connectivity index (χ1n) is 9.68. The van der Waals surface area contributed by atoms with Crippen LogP contribution in [0.15, 0.2) is 12.4 Å². The van der Waals surface area contributed by atoms with E-state index in [9.17, 15) is 9.90 Å². The van der Waals surface area contributed by atoms with Crippen molar-refractivity contribution in [2.24, 2.45) is 5.41 Å². The lowest BCUT2D eigenvalue weighted by Gasteiger charge is -2.52. The topological polar surface area (TPSA) is 81.7 Å². The first kappa shape index (κ1) is 19.3. The van der Waals surface area contributed by atoms with E-state index in [0.717, 1.165) is 44.7 Å². The molecule has 2 aliphatic heterocycles. The molecule has 3 heterocycles. The van der Waals surface area contributed by atoms with Gasteiger partial charge in [-0.15, -0.1) is 0 Å². The first-order valence-corrected chi connectivity index (χ1v) is 9.68. The summed E-state index contributed by atoms with van der Waals surface area (Å²) in [6.07, 6.45) is 6.54. The van der Waals surface area contributed by atoms with Crippen molar-refractivity contribution in [3.63, 3.8) is 0 Å². The second-order valence-electron chi connectivity index (χ2n) is 8.33. The normalized spacial score (nSPS) is 26.8. The molecule has 0 saturated carbocycles. The number of likely N-dealkylation sites (tertiary alicyclic amines) is 1. The van der Waals surface area contributed by atoms with Crippen molar-refractivity contribution in [2.75, 3.05) is 45.9 Å². The highest BCUT2D eigenvalue weighted by Gasteiger charge is 2.49. The molecular formula is C19H32N4O3. The Morgan fingerprint density at radius 3 is 2.77 bits per heavy atom. The quantitative estimate of drug-likeness (QED) is 0.789. The molecule has 0 aromatic carbocycles. The van der Waals surface area contributed by atoms with Crippen molar-refractivity contribution in [2.45, 2.75) is 45.1 Å². The molecule has 7 nitrogen and oxygen atoms in total. The molecular weight excluding hydrogens is 332 g/mol. The van der Waals surface area contributed by atoms with Crippen LogP contribution >= 0.6 is 0 Å². The van der Waals surface area contributed by atoms with Crippen LogP contribution in [-0.4, -0.2) is 82.5 Å². The number of ether oxygens (including phenoxy) is 1. The monoisotopic (exact) mass is 364 g/mol. The number of carbonyl (C=O) groups excluding carboxylic acids is 1. The number of hydrogen-bond donors (Lipinski definition) is 2. The van der Waals surface area contributed by atoms with Gasteiger partial charge in [0.2, 0.25) is 5.91 Å². The van der Waals surface area contributed by atoms with Crippen molar-refractivity contribution in [1.82, 2.24) is 20.0 Å². The van der Waals surface area contributed by atoms with Crippen LogP contribution in [0.5, 0.6) is 0 Å². The number of carbonyl (C=O) groups is 1. The smallest absolute Gasteiger partial charge is 0.222 e. The molecule has 7 heteroatoms. The molecule has 0 spiro atoms. The number of aryl methyl sites for hydroxylation is 1. The van der Waals surface area contributed by atoms with Gasteiger partial charge < -0.3 is 14.7 Å². The summed E-state index contributed by atoms with van der Waals surface area (Å²) < 4.78 is 5.40. The van der Waals surface area contributed by atoms with Crippen molar-refractivity contribution < 1.29 is 14.6 Å².